The smallest absolute Gasteiger partial charge is 0.382 e. The Kier molecular flexibility index (Phi) is 8.31. The third kappa shape index (κ3) is 5.34. The van der Waals surface area contributed by atoms with Crippen molar-refractivity contribution >= 4 is 36.2 Å². The Hall–Kier alpha value is -1.63. The van der Waals surface area contributed by atoms with E-state index < -0.39 is 11.7 Å². The summed E-state index contributed by atoms with van der Waals surface area (Å²) in [6, 6.07) is 14.7. The first-order chi connectivity index (χ1) is 13.4. The fourth-order valence-electron chi connectivity index (χ4n) is 4.39. The zero-order valence-electron chi connectivity index (χ0n) is 16.9. The summed E-state index contributed by atoms with van der Waals surface area (Å²) < 4.78 is 39.3. The third-order valence-electron chi connectivity index (χ3n) is 6.02. The zero-order chi connectivity index (χ0) is 19.7. The average molecular weight is 462 g/mol. The van der Waals surface area contributed by atoms with Gasteiger partial charge in [-0.2, -0.15) is 13.2 Å². The van der Waals surface area contributed by atoms with Crippen LogP contribution in [0.5, 0.6) is 0 Å². The van der Waals surface area contributed by atoms with E-state index in [0.717, 1.165) is 50.4 Å². The van der Waals surface area contributed by atoms with Gasteiger partial charge in [0.15, 0.2) is 0 Å². The molecule has 0 radical (unpaired) electrons. The first-order valence-electron chi connectivity index (χ1n) is 9.92. The minimum atomic E-state index is -4.29. The van der Waals surface area contributed by atoms with Gasteiger partial charge in [0.1, 0.15) is 0 Å². The number of hydrogen-bond donors (Lipinski definition) is 1. The molecular weight excluding hydrogens is 434 g/mol. The van der Waals surface area contributed by atoms with Gasteiger partial charge in [-0.3, -0.25) is 4.90 Å². The Labute approximate surface area is 188 Å². The predicted molar refractivity (Wildman–Crippen MR) is 121 cm³/mol. The van der Waals surface area contributed by atoms with Gasteiger partial charge in [-0.25, -0.2) is 0 Å². The first-order valence-corrected chi connectivity index (χ1v) is 9.92. The van der Waals surface area contributed by atoms with Gasteiger partial charge in [-0.1, -0.05) is 18.2 Å². The van der Waals surface area contributed by atoms with E-state index in [-0.39, 0.29) is 36.8 Å². The van der Waals surface area contributed by atoms with E-state index >= 15 is 0 Å². The van der Waals surface area contributed by atoms with Gasteiger partial charge < -0.3 is 10.2 Å². The highest BCUT2D eigenvalue weighted by atomic mass is 35.5. The van der Waals surface area contributed by atoms with Crippen LogP contribution in [0, 0.1) is 0 Å². The van der Waals surface area contributed by atoms with Crippen molar-refractivity contribution in [2.24, 2.45) is 0 Å². The largest absolute Gasteiger partial charge is 0.416 e. The van der Waals surface area contributed by atoms with Crippen LogP contribution >= 0.6 is 24.8 Å². The second-order valence-electron chi connectivity index (χ2n) is 7.79. The summed E-state index contributed by atoms with van der Waals surface area (Å²) in [7, 11) is 0. The Morgan fingerprint density at radius 1 is 0.967 bits per heavy atom. The lowest BCUT2D eigenvalue weighted by Crippen LogP contribution is -2.47. The normalized spacial score (nSPS) is 21.3. The van der Waals surface area contributed by atoms with E-state index in [0.29, 0.717) is 0 Å². The topological polar surface area (TPSA) is 18.5 Å². The van der Waals surface area contributed by atoms with Crippen molar-refractivity contribution in [1.29, 1.82) is 0 Å². The van der Waals surface area contributed by atoms with Crippen LogP contribution in [0.15, 0.2) is 48.5 Å². The van der Waals surface area contributed by atoms with E-state index in [2.05, 4.69) is 46.3 Å². The third-order valence-corrected chi connectivity index (χ3v) is 6.02. The highest BCUT2D eigenvalue weighted by Gasteiger charge is 2.35. The molecule has 2 aromatic carbocycles. The maximum absolute atomic E-state index is 13.1. The van der Waals surface area contributed by atoms with Crippen LogP contribution in [0.4, 0.5) is 24.5 Å². The Bertz CT molecular complexity index is 809. The van der Waals surface area contributed by atoms with Gasteiger partial charge >= 0.3 is 6.18 Å². The summed E-state index contributed by atoms with van der Waals surface area (Å²) in [5.74, 6) is 0.115. The average Bonchev–Trinajstić information content (AvgIpc) is 3.01. The lowest BCUT2D eigenvalue weighted by Gasteiger charge is -2.36. The van der Waals surface area contributed by atoms with E-state index in [1.165, 1.54) is 17.8 Å². The fraction of sp³-hybridized carbons (Fsp3) is 0.455. The van der Waals surface area contributed by atoms with Crippen LogP contribution in [0.2, 0.25) is 0 Å². The molecule has 1 fully saturated rings. The van der Waals surface area contributed by atoms with Gasteiger partial charge in [0.25, 0.3) is 0 Å². The molecular formula is C22H28Cl2F3N3. The van der Waals surface area contributed by atoms with Crippen LogP contribution in [0.25, 0.3) is 0 Å². The van der Waals surface area contributed by atoms with Gasteiger partial charge in [-0.15, -0.1) is 24.8 Å². The molecule has 2 aliphatic heterocycles. The van der Waals surface area contributed by atoms with Crippen LogP contribution in [0.3, 0.4) is 0 Å². The van der Waals surface area contributed by atoms with Gasteiger partial charge in [-0.05, 0) is 55.8 Å². The number of para-hydroxylation sites is 1. The molecule has 1 N–H and O–H groups in total. The Morgan fingerprint density at radius 3 is 2.27 bits per heavy atom. The lowest BCUT2D eigenvalue weighted by atomic mass is 9.91. The molecule has 30 heavy (non-hydrogen) atoms. The highest BCUT2D eigenvalue weighted by molar-refractivity contribution is 5.85. The Balaban J connectivity index is 0.00000160. The quantitative estimate of drug-likeness (QED) is 0.633. The standard InChI is InChI=1S/C22H26F3N3.2ClH/c1-16-19(20-15-17(22(23,24)25)7-8-21(20)26-16)9-10-27-11-13-28(14-12-27)18-5-3-2-4-6-18;;/h2-8,15-16,19,26H,9-14H2,1H3;2*1H/t16-,19+;;/m0../s1. The monoisotopic (exact) mass is 461 g/mol. The number of piperazine rings is 1. The molecule has 1 saturated heterocycles. The maximum Gasteiger partial charge on any atom is 0.416 e. The van der Waals surface area contributed by atoms with Crippen molar-refractivity contribution in [2.75, 3.05) is 42.9 Å². The summed E-state index contributed by atoms with van der Waals surface area (Å²) in [6.45, 7) is 6.91. The molecule has 4 rings (SSSR count). The van der Waals surface area contributed by atoms with E-state index in [1.54, 1.807) is 6.07 Å². The molecule has 2 aromatic rings. The molecule has 0 unspecified atom stereocenters. The molecule has 0 aliphatic carbocycles. The Morgan fingerprint density at radius 2 is 1.63 bits per heavy atom. The SMILES string of the molecule is C[C@@H]1Nc2ccc(C(F)(F)F)cc2[C@@H]1CCN1CCN(c2ccccc2)CC1.Cl.Cl. The van der Waals surface area contributed by atoms with E-state index in [4.69, 9.17) is 0 Å². The summed E-state index contributed by atoms with van der Waals surface area (Å²) in [5.41, 5.74) is 2.36. The number of fused-ring (bicyclic) bond motifs is 1. The molecule has 2 heterocycles. The molecule has 0 saturated carbocycles. The maximum atomic E-state index is 13.1. The number of halogens is 5. The van der Waals surface area contributed by atoms with Crippen molar-refractivity contribution in [3.8, 4) is 0 Å². The highest BCUT2D eigenvalue weighted by Crippen LogP contribution is 2.41. The number of benzene rings is 2. The molecule has 2 atom stereocenters. The van der Waals surface area contributed by atoms with Crippen LogP contribution in [0.1, 0.15) is 30.4 Å². The molecule has 3 nitrogen and oxygen atoms in total. The molecule has 166 valence electrons. The summed E-state index contributed by atoms with van der Waals surface area (Å²) in [5, 5.41) is 3.35. The van der Waals surface area contributed by atoms with Crippen LogP contribution in [-0.2, 0) is 6.18 Å². The minimum absolute atomic E-state index is 0. The van der Waals surface area contributed by atoms with Gasteiger partial charge in [0.05, 0.1) is 5.56 Å². The molecule has 0 aromatic heterocycles. The number of nitrogens with zero attached hydrogens (tertiary/aromatic N) is 2. The minimum Gasteiger partial charge on any atom is -0.382 e. The number of rotatable bonds is 4. The van der Waals surface area contributed by atoms with Crippen molar-refractivity contribution in [2.45, 2.75) is 31.5 Å². The van der Waals surface area contributed by atoms with Crippen molar-refractivity contribution < 1.29 is 13.2 Å². The molecule has 8 heteroatoms. The van der Waals surface area contributed by atoms with Gasteiger partial charge in [0, 0.05) is 49.5 Å². The van der Waals surface area contributed by atoms with E-state index in [9.17, 15) is 13.2 Å². The predicted octanol–water partition coefficient (Wildman–Crippen LogP) is 5.66. The van der Waals surface area contributed by atoms with Crippen molar-refractivity contribution in [3.63, 3.8) is 0 Å². The molecule has 0 amide bonds. The number of nitrogens with one attached hydrogen (secondary N) is 1. The second kappa shape index (κ2) is 10.1. The second-order valence-corrected chi connectivity index (χ2v) is 7.79. The first kappa shape index (κ1) is 24.6. The fourth-order valence-corrected chi connectivity index (χ4v) is 4.39. The zero-order valence-corrected chi connectivity index (χ0v) is 18.5. The van der Waals surface area contributed by atoms with Crippen molar-refractivity contribution in [3.05, 3.63) is 59.7 Å². The van der Waals surface area contributed by atoms with Crippen LogP contribution in [-0.4, -0.2) is 43.7 Å². The lowest BCUT2D eigenvalue weighted by molar-refractivity contribution is -0.137. The number of hydrogen-bond acceptors (Lipinski definition) is 3. The number of alkyl halides is 3. The molecule has 0 spiro atoms. The summed E-state index contributed by atoms with van der Waals surface area (Å²) in [6.07, 6.45) is -3.42. The van der Waals surface area contributed by atoms with Gasteiger partial charge in [0.2, 0.25) is 0 Å². The van der Waals surface area contributed by atoms with Crippen LogP contribution < -0.4 is 10.2 Å². The molecule has 0 bridgehead atoms. The summed E-state index contributed by atoms with van der Waals surface area (Å²) in [4.78, 5) is 4.82. The number of anilines is 2. The van der Waals surface area contributed by atoms with E-state index in [1.807, 2.05) is 6.07 Å². The molecule has 2 aliphatic rings. The van der Waals surface area contributed by atoms with Crippen molar-refractivity contribution in [1.82, 2.24) is 4.90 Å². The summed E-state index contributed by atoms with van der Waals surface area (Å²) >= 11 is 0.